The maximum absolute atomic E-state index is 13.5. The molecule has 0 aliphatic heterocycles. The van der Waals surface area contributed by atoms with E-state index < -0.39 is 17.7 Å². The van der Waals surface area contributed by atoms with E-state index in [4.69, 9.17) is 0 Å². The van der Waals surface area contributed by atoms with Crippen LogP contribution >= 0.6 is 0 Å². The minimum atomic E-state index is -0.649. The van der Waals surface area contributed by atoms with Gasteiger partial charge in [0, 0.05) is 24.6 Å². The highest BCUT2D eigenvalue weighted by Crippen LogP contribution is 2.12. The van der Waals surface area contributed by atoms with Gasteiger partial charge in [0.1, 0.15) is 5.82 Å². The summed E-state index contributed by atoms with van der Waals surface area (Å²) in [6, 6.07) is 3.60. The molecule has 1 rings (SSSR count). The van der Waals surface area contributed by atoms with E-state index in [9.17, 15) is 18.8 Å². The van der Waals surface area contributed by atoms with E-state index in [1.54, 1.807) is 6.92 Å². The van der Waals surface area contributed by atoms with Gasteiger partial charge in [-0.25, -0.2) is 9.18 Å². The molecule has 0 bridgehead atoms. The molecule has 5 nitrogen and oxygen atoms in total. The first-order chi connectivity index (χ1) is 9.99. The molecule has 0 heterocycles. The van der Waals surface area contributed by atoms with Crippen molar-refractivity contribution in [3.63, 3.8) is 0 Å². The Hall–Kier alpha value is -2.50. The molecule has 1 aromatic carbocycles. The van der Waals surface area contributed by atoms with Crippen LogP contribution in [0.2, 0.25) is 0 Å². The van der Waals surface area contributed by atoms with Crippen molar-refractivity contribution in [1.29, 1.82) is 0 Å². The van der Waals surface area contributed by atoms with Crippen LogP contribution in [0, 0.1) is 5.82 Å². The van der Waals surface area contributed by atoms with Crippen molar-refractivity contribution in [2.24, 2.45) is 0 Å². The Bertz CT molecular complexity index is 581. The van der Waals surface area contributed by atoms with E-state index in [1.165, 1.54) is 31.4 Å². The van der Waals surface area contributed by atoms with Gasteiger partial charge in [0.05, 0.1) is 12.7 Å². The second-order valence-corrected chi connectivity index (χ2v) is 4.11. The zero-order valence-corrected chi connectivity index (χ0v) is 11.8. The van der Waals surface area contributed by atoms with E-state index in [1.807, 2.05) is 0 Å². The fourth-order valence-corrected chi connectivity index (χ4v) is 1.55. The Morgan fingerprint density at radius 2 is 2.05 bits per heavy atom. The molecule has 21 heavy (non-hydrogen) atoms. The van der Waals surface area contributed by atoms with Crippen LogP contribution in [-0.4, -0.2) is 31.3 Å². The molecule has 0 aliphatic carbocycles. The molecule has 0 saturated heterocycles. The van der Waals surface area contributed by atoms with Gasteiger partial charge in [-0.05, 0) is 18.2 Å². The second kappa shape index (κ2) is 7.94. The lowest BCUT2D eigenvalue weighted by molar-refractivity contribution is -0.134. The molecule has 0 fully saturated rings. The molecule has 0 unspecified atom stereocenters. The number of esters is 1. The predicted molar refractivity (Wildman–Crippen MR) is 74.5 cm³/mol. The molecular formula is C15H16FNO4. The zero-order chi connectivity index (χ0) is 15.8. The van der Waals surface area contributed by atoms with E-state index >= 15 is 0 Å². The topological polar surface area (TPSA) is 72.5 Å². The van der Waals surface area contributed by atoms with Crippen molar-refractivity contribution in [3.05, 3.63) is 47.3 Å². The minimum absolute atomic E-state index is 0.102. The highest BCUT2D eigenvalue weighted by molar-refractivity contribution is 6.00. The summed E-state index contributed by atoms with van der Waals surface area (Å²) < 4.78 is 17.9. The maximum atomic E-state index is 13.5. The molecule has 1 N–H and O–H groups in total. The number of amides is 1. The molecule has 0 aromatic heterocycles. The van der Waals surface area contributed by atoms with Crippen LogP contribution in [0.25, 0.3) is 0 Å². The van der Waals surface area contributed by atoms with Crippen LogP contribution < -0.4 is 5.32 Å². The van der Waals surface area contributed by atoms with Gasteiger partial charge in [-0.2, -0.15) is 0 Å². The number of carbonyl (C=O) groups is 3. The van der Waals surface area contributed by atoms with Gasteiger partial charge in [-0.3, -0.25) is 9.59 Å². The van der Waals surface area contributed by atoms with Crippen LogP contribution in [0.1, 0.15) is 34.1 Å². The van der Waals surface area contributed by atoms with E-state index in [-0.39, 0.29) is 29.9 Å². The lowest BCUT2D eigenvalue weighted by atomic mass is 10.0. The lowest BCUT2D eigenvalue weighted by Gasteiger charge is -2.05. The average Bonchev–Trinajstić information content (AvgIpc) is 2.50. The molecule has 1 amide bonds. The summed E-state index contributed by atoms with van der Waals surface area (Å²) in [7, 11) is 1.25. The number of hydrogen-bond donors (Lipinski definition) is 1. The number of carbonyl (C=O) groups excluding carboxylic acids is 3. The first-order valence-electron chi connectivity index (χ1n) is 6.35. The monoisotopic (exact) mass is 293 g/mol. The van der Waals surface area contributed by atoms with Crippen molar-refractivity contribution in [1.82, 2.24) is 5.32 Å². The highest BCUT2D eigenvalue weighted by Gasteiger charge is 2.13. The predicted octanol–water partition coefficient (Wildman–Crippen LogP) is 1.88. The van der Waals surface area contributed by atoms with Crippen molar-refractivity contribution in [2.45, 2.75) is 13.3 Å². The number of benzene rings is 1. The number of ketones is 1. The largest absolute Gasteiger partial charge is 0.466 e. The van der Waals surface area contributed by atoms with Gasteiger partial charge in [0.2, 0.25) is 0 Å². The van der Waals surface area contributed by atoms with E-state index in [0.29, 0.717) is 0 Å². The number of rotatable bonds is 6. The Morgan fingerprint density at radius 3 is 2.67 bits per heavy atom. The Morgan fingerprint density at radius 1 is 1.33 bits per heavy atom. The van der Waals surface area contributed by atoms with Crippen molar-refractivity contribution in [3.8, 4) is 0 Å². The smallest absolute Gasteiger partial charge is 0.330 e. The van der Waals surface area contributed by atoms with Crippen molar-refractivity contribution < 1.29 is 23.5 Å². The summed E-state index contributed by atoms with van der Waals surface area (Å²) in [5, 5.41) is 2.51. The number of halogens is 1. The zero-order valence-electron chi connectivity index (χ0n) is 11.8. The summed E-state index contributed by atoms with van der Waals surface area (Å²) in [5.41, 5.74) is 0.0786. The standard InChI is InChI=1S/C15H16FNO4/c1-3-13(18)11-9-10(6-7-12(11)16)15(20)17-8-4-5-14(19)21-2/h4-7,9H,3,8H2,1-2H3,(H,17,20)/b5-4+. The normalized spacial score (nSPS) is 10.4. The third kappa shape index (κ3) is 4.83. The molecule has 1 aromatic rings. The van der Waals surface area contributed by atoms with E-state index in [0.717, 1.165) is 6.07 Å². The first-order valence-corrected chi connectivity index (χ1v) is 6.35. The SMILES string of the molecule is CCC(=O)c1cc(C(=O)NC/C=C/C(=O)OC)ccc1F. The molecule has 0 saturated carbocycles. The quantitative estimate of drug-likeness (QED) is 0.494. The van der Waals surface area contributed by atoms with Crippen LogP contribution in [0.3, 0.4) is 0 Å². The van der Waals surface area contributed by atoms with Gasteiger partial charge in [0.15, 0.2) is 5.78 Å². The van der Waals surface area contributed by atoms with Crippen LogP contribution in [0.4, 0.5) is 4.39 Å². The third-order valence-corrected chi connectivity index (χ3v) is 2.69. The average molecular weight is 293 g/mol. The Kier molecular flexibility index (Phi) is 6.26. The summed E-state index contributed by atoms with van der Waals surface area (Å²) in [5.74, 6) is -2.01. The number of ether oxygens (including phenoxy) is 1. The molecule has 0 aliphatic rings. The van der Waals surface area contributed by atoms with Gasteiger partial charge in [0.25, 0.3) is 5.91 Å². The molecule has 112 valence electrons. The minimum Gasteiger partial charge on any atom is -0.466 e. The first kappa shape index (κ1) is 16.6. The molecule has 6 heteroatoms. The summed E-state index contributed by atoms with van der Waals surface area (Å²) in [6.07, 6.45) is 2.76. The van der Waals surface area contributed by atoms with Crippen LogP contribution in [-0.2, 0) is 9.53 Å². The Balaban J connectivity index is 2.73. The van der Waals surface area contributed by atoms with Crippen molar-refractivity contribution >= 4 is 17.7 Å². The molecular weight excluding hydrogens is 277 g/mol. The number of Topliss-reactive ketones (excluding diaryl/α,β-unsaturated/α-hetero) is 1. The second-order valence-electron chi connectivity index (χ2n) is 4.11. The fourth-order valence-electron chi connectivity index (χ4n) is 1.55. The summed E-state index contributed by atoms with van der Waals surface area (Å²) >= 11 is 0. The third-order valence-electron chi connectivity index (χ3n) is 2.69. The number of hydrogen-bond acceptors (Lipinski definition) is 4. The van der Waals surface area contributed by atoms with E-state index in [2.05, 4.69) is 10.1 Å². The highest BCUT2D eigenvalue weighted by atomic mass is 19.1. The van der Waals surface area contributed by atoms with Crippen molar-refractivity contribution in [2.75, 3.05) is 13.7 Å². The molecule has 0 atom stereocenters. The Labute approximate surface area is 121 Å². The van der Waals surface area contributed by atoms with Gasteiger partial charge >= 0.3 is 5.97 Å². The summed E-state index contributed by atoms with van der Waals surface area (Å²) in [4.78, 5) is 34.2. The number of nitrogens with one attached hydrogen (secondary N) is 1. The molecule has 0 spiro atoms. The fraction of sp³-hybridized carbons (Fsp3) is 0.267. The lowest BCUT2D eigenvalue weighted by Crippen LogP contribution is -2.24. The van der Waals surface area contributed by atoms with Gasteiger partial charge in [-0.15, -0.1) is 0 Å². The maximum Gasteiger partial charge on any atom is 0.330 e. The van der Waals surface area contributed by atoms with Crippen LogP contribution in [0.5, 0.6) is 0 Å². The molecule has 0 radical (unpaired) electrons. The van der Waals surface area contributed by atoms with Gasteiger partial charge < -0.3 is 10.1 Å². The summed E-state index contributed by atoms with van der Waals surface area (Å²) in [6.45, 7) is 1.73. The number of methoxy groups -OCH3 is 1. The van der Waals surface area contributed by atoms with Crippen LogP contribution in [0.15, 0.2) is 30.4 Å². The van der Waals surface area contributed by atoms with Gasteiger partial charge in [-0.1, -0.05) is 13.0 Å².